The number of hydrogen-bond donors (Lipinski definition) is 0. The summed E-state index contributed by atoms with van der Waals surface area (Å²) in [6, 6.07) is 53.3. The quantitative estimate of drug-likeness (QED) is 0.151. The predicted molar refractivity (Wildman–Crippen MR) is 333 cm³/mol. The zero-order valence-corrected chi connectivity index (χ0v) is 44.0. The van der Waals surface area contributed by atoms with Crippen LogP contribution in [0.4, 0.5) is 34.1 Å². The molecule has 0 aliphatic rings. The van der Waals surface area contributed by atoms with Gasteiger partial charge in [-0.25, -0.2) is 0 Å². The van der Waals surface area contributed by atoms with Gasteiger partial charge < -0.3 is 18.6 Å². The Balaban J connectivity index is 1.03. The normalized spacial score (nSPS) is 14.6. The third-order valence-electron chi connectivity index (χ3n) is 15.7. The predicted octanol–water partition coefficient (Wildman–Crippen LogP) is 20.9. The van der Waals surface area contributed by atoms with Gasteiger partial charge in [0.2, 0.25) is 0 Å². The van der Waals surface area contributed by atoms with E-state index >= 15 is 0 Å². The van der Waals surface area contributed by atoms with Crippen LogP contribution in [-0.2, 0) is 10.8 Å². The maximum atomic E-state index is 10.9. The zero-order chi connectivity index (χ0) is 63.0. The van der Waals surface area contributed by atoms with Gasteiger partial charge in [0.1, 0.15) is 0 Å². The van der Waals surface area contributed by atoms with Gasteiger partial charge in [-0.3, -0.25) is 0 Å². The molecule has 0 amide bonds. The van der Waals surface area contributed by atoms with Crippen molar-refractivity contribution in [3.8, 4) is 22.3 Å². The Morgan fingerprint density at radius 1 is 0.321 bits per heavy atom. The molecule has 0 N–H and O–H groups in total. The van der Waals surface area contributed by atoms with Gasteiger partial charge >= 0.3 is 0 Å². The molecule has 15 aromatic rings. The van der Waals surface area contributed by atoms with E-state index in [-0.39, 0.29) is 46.1 Å². The fourth-order valence-electron chi connectivity index (χ4n) is 12.3. The summed E-state index contributed by atoms with van der Waals surface area (Å²) in [6.07, 6.45) is 0. The highest BCUT2D eigenvalue weighted by Gasteiger charge is 2.31. The monoisotopic (exact) mass is 1010 g/mol. The molecule has 0 saturated heterocycles. The van der Waals surface area contributed by atoms with Crippen molar-refractivity contribution in [3.63, 3.8) is 0 Å². The number of rotatable bonds is 8. The fourth-order valence-corrected chi connectivity index (χ4v) is 12.3. The second kappa shape index (κ2) is 17.1. The van der Waals surface area contributed by atoms with Gasteiger partial charge in [-0.15, -0.1) is 0 Å². The molecule has 78 heavy (non-hydrogen) atoms. The van der Waals surface area contributed by atoms with Gasteiger partial charge in [-0.1, -0.05) is 211 Å². The van der Waals surface area contributed by atoms with Crippen LogP contribution < -0.4 is 9.80 Å². The lowest BCUT2D eigenvalue weighted by molar-refractivity contribution is 0.594. The van der Waals surface area contributed by atoms with E-state index in [1.165, 1.54) is 0 Å². The first-order chi connectivity index (χ1) is 43.0. The third kappa shape index (κ3) is 6.85. The Morgan fingerprint density at radius 2 is 0.692 bits per heavy atom. The van der Waals surface area contributed by atoms with E-state index in [1.54, 1.807) is 24.3 Å². The largest absolute Gasteiger partial charge is 0.310 e. The second-order valence-corrected chi connectivity index (χ2v) is 22.4. The Hall–Kier alpha value is -9.38. The number of para-hydroxylation sites is 4. The average Bonchev–Trinajstić information content (AvgIpc) is 1.50. The van der Waals surface area contributed by atoms with Crippen molar-refractivity contribution in [1.29, 1.82) is 0 Å². The van der Waals surface area contributed by atoms with Crippen LogP contribution in [0.3, 0.4) is 0 Å². The summed E-state index contributed by atoms with van der Waals surface area (Å²) >= 11 is 0. The molecule has 374 valence electrons. The molecule has 4 heteroatoms. The zero-order valence-electron chi connectivity index (χ0n) is 56.0. The van der Waals surface area contributed by atoms with Crippen LogP contribution in [0.5, 0.6) is 0 Å². The molecule has 4 nitrogen and oxygen atoms in total. The minimum absolute atomic E-state index is 0.123. The summed E-state index contributed by atoms with van der Waals surface area (Å²) in [5.41, 5.74) is 12.5. The van der Waals surface area contributed by atoms with Crippen molar-refractivity contribution in [3.05, 3.63) is 253 Å². The summed E-state index contributed by atoms with van der Waals surface area (Å²) in [5.74, 6) is 0. The standard InChI is InChI=1S/C74H58N4/c1-73(2,3)61-31-19-29-57-67-63(75(51-25-15-9-16-26-51)53-37-33-49(34-38-53)47-21-11-7-12-22-47)43-41-55-59-46-66-60(45-65(59)77(69(57)61)71(55)67)56-42-44-64(68-58-30-20-32-62(74(4,5)6)70(58)78(66)72(56)68)76(52-27-17-10-18-28-52)54-39-35-50(36-40-54)48-23-13-8-14-24-48/h7-46H,1-6H3/i7D,8D,11D,12D,13D,14D,21D,22D,23D,24D,45D,46D. The molecule has 4 aromatic heterocycles. The molecule has 0 spiro atoms. The molecule has 0 bridgehead atoms. The lowest BCUT2D eigenvalue weighted by Crippen LogP contribution is -2.12. The summed E-state index contributed by atoms with van der Waals surface area (Å²) in [5, 5.41) is 6.78. The summed E-state index contributed by atoms with van der Waals surface area (Å²) in [7, 11) is 0. The molecular weight excluding hydrogens is 945 g/mol. The van der Waals surface area contributed by atoms with Crippen molar-refractivity contribution in [2.75, 3.05) is 9.80 Å². The molecule has 0 atom stereocenters. The highest BCUT2D eigenvalue weighted by atomic mass is 15.2. The van der Waals surface area contributed by atoms with Crippen molar-refractivity contribution in [1.82, 2.24) is 8.80 Å². The van der Waals surface area contributed by atoms with Crippen LogP contribution in [0.1, 0.15) is 69.1 Å². The van der Waals surface area contributed by atoms with Crippen LogP contribution in [-0.4, -0.2) is 8.80 Å². The Kier molecular flexibility index (Phi) is 7.67. The first kappa shape index (κ1) is 35.0. The van der Waals surface area contributed by atoms with E-state index in [0.29, 0.717) is 45.0 Å². The SMILES string of the molecule is [2H]c1c([2H])c([2H])c(-c2ccc(N(c3ccccc3)c3ccc4c5c([2H])c6c(c([2H])c5n5c7c(C(C)(C)C)cccc7c3c45)c3ccc(N(c4ccccc4)c4ccc(-c5c([2H])c([2H])c([2H])c([2H])c5[2H])cc4)c4c5cccc(C(C)(C)C)c5n6c34)cc2)c([2H])c1[2H]. The fraction of sp³-hybridized carbons (Fsp3) is 0.108. The summed E-state index contributed by atoms with van der Waals surface area (Å²) in [4.78, 5) is 4.37. The van der Waals surface area contributed by atoms with E-state index in [2.05, 4.69) is 121 Å². The maximum absolute atomic E-state index is 10.9. The first-order valence-electron chi connectivity index (χ1n) is 32.5. The molecule has 15 rings (SSSR count). The van der Waals surface area contributed by atoms with Gasteiger partial charge in [-0.05, 0) is 117 Å². The van der Waals surface area contributed by atoms with Crippen LogP contribution in [0.25, 0.3) is 98.4 Å². The van der Waals surface area contributed by atoms with Crippen molar-refractivity contribution < 1.29 is 16.4 Å². The average molecular weight is 1020 g/mol. The molecule has 0 aliphatic carbocycles. The number of aromatic nitrogens is 2. The van der Waals surface area contributed by atoms with Crippen LogP contribution >= 0.6 is 0 Å². The van der Waals surface area contributed by atoms with Crippen molar-refractivity contribution in [2.45, 2.75) is 52.4 Å². The third-order valence-corrected chi connectivity index (χ3v) is 15.7. The van der Waals surface area contributed by atoms with E-state index in [9.17, 15) is 2.74 Å². The van der Waals surface area contributed by atoms with Crippen LogP contribution in [0.15, 0.2) is 242 Å². The van der Waals surface area contributed by atoms with Gasteiger partial charge in [0.25, 0.3) is 0 Å². The molecule has 0 radical (unpaired) electrons. The second-order valence-electron chi connectivity index (χ2n) is 22.4. The topological polar surface area (TPSA) is 15.3 Å². The molecule has 0 aliphatic heterocycles. The van der Waals surface area contributed by atoms with Gasteiger partial charge in [0.15, 0.2) is 0 Å². The molecule has 0 saturated carbocycles. The van der Waals surface area contributed by atoms with E-state index in [1.807, 2.05) is 84.9 Å². The maximum Gasteiger partial charge on any atom is 0.0653 e. The van der Waals surface area contributed by atoms with E-state index in [0.717, 1.165) is 99.6 Å². The van der Waals surface area contributed by atoms with Gasteiger partial charge in [0.05, 0.1) is 60.9 Å². The molecule has 0 unspecified atom stereocenters. The smallest absolute Gasteiger partial charge is 0.0653 e. The molecule has 0 fully saturated rings. The molecule has 11 aromatic carbocycles. The molecular formula is C74H58N4. The van der Waals surface area contributed by atoms with Gasteiger partial charge in [-0.2, -0.15) is 0 Å². The summed E-state index contributed by atoms with van der Waals surface area (Å²) in [6.45, 7) is 13.2. The Labute approximate surface area is 471 Å². The Bertz CT molecular complexity index is 5110. The lowest BCUT2D eigenvalue weighted by Gasteiger charge is -2.27. The minimum Gasteiger partial charge on any atom is -0.310 e. The number of fused-ring (bicyclic) bond motifs is 12. The number of hydrogen-bond acceptors (Lipinski definition) is 2. The van der Waals surface area contributed by atoms with Crippen LogP contribution in [0, 0.1) is 0 Å². The minimum atomic E-state index is -0.446. The number of benzene rings is 11. The Morgan fingerprint density at radius 3 is 1.06 bits per heavy atom. The van der Waals surface area contributed by atoms with Crippen LogP contribution in [0.2, 0.25) is 0 Å². The number of anilines is 6. The number of nitrogens with zero attached hydrogens (tertiary/aromatic N) is 4. The van der Waals surface area contributed by atoms with Crippen molar-refractivity contribution in [2.24, 2.45) is 0 Å². The lowest BCUT2D eigenvalue weighted by atomic mass is 9.85. The van der Waals surface area contributed by atoms with E-state index in [4.69, 9.17) is 13.7 Å². The highest BCUT2D eigenvalue weighted by Crippen LogP contribution is 2.53. The van der Waals surface area contributed by atoms with Crippen molar-refractivity contribution >= 4 is 110 Å². The van der Waals surface area contributed by atoms with Gasteiger partial charge in [0, 0.05) is 65.8 Å². The molecule has 4 heterocycles. The summed E-state index contributed by atoms with van der Waals surface area (Å²) < 4.78 is 112. The first-order valence-corrected chi connectivity index (χ1v) is 26.5. The highest BCUT2D eigenvalue weighted by molar-refractivity contribution is 6.32. The van der Waals surface area contributed by atoms with E-state index < -0.39 is 36.3 Å².